The largest absolute Gasteiger partial charge is 0.507 e. The average molecular weight is 424 g/mol. The van der Waals surface area contributed by atoms with Gasteiger partial charge in [-0.2, -0.15) is 0 Å². The lowest BCUT2D eigenvalue weighted by molar-refractivity contribution is 0.145. The van der Waals surface area contributed by atoms with Gasteiger partial charge in [-0.15, -0.1) is 0 Å². The molecule has 1 fully saturated rings. The first-order valence-electron chi connectivity index (χ1n) is 10.5. The van der Waals surface area contributed by atoms with Gasteiger partial charge in [0.25, 0.3) is 0 Å². The predicted molar refractivity (Wildman–Crippen MR) is 117 cm³/mol. The van der Waals surface area contributed by atoms with Crippen LogP contribution in [0.2, 0.25) is 0 Å². The Balaban J connectivity index is 1.60. The number of nitrogens with zero attached hydrogens (tertiary/aromatic N) is 3. The summed E-state index contributed by atoms with van der Waals surface area (Å²) >= 11 is 0. The van der Waals surface area contributed by atoms with E-state index in [-0.39, 0.29) is 17.5 Å². The number of carbonyl (C=O) groups excluding carboxylic acids is 1. The first kappa shape index (κ1) is 20.8. The first-order valence-corrected chi connectivity index (χ1v) is 10.5. The molecule has 0 spiro atoms. The van der Waals surface area contributed by atoms with Crippen molar-refractivity contribution in [2.45, 2.75) is 19.8 Å². The number of benzene rings is 2. The van der Waals surface area contributed by atoms with Gasteiger partial charge in [0.1, 0.15) is 17.4 Å². The Morgan fingerprint density at radius 3 is 2.94 bits per heavy atom. The number of rotatable bonds is 6. The zero-order valence-electron chi connectivity index (χ0n) is 17.3. The zero-order chi connectivity index (χ0) is 21.8. The standard InChI is InChI=1S/C23H25FN4O3/c1-2-11-31-23(30)25-13-15-9-10-28(14-15)22-18-12-16(24)7-8-19(18)26-21(27-22)17-5-3-4-6-20(17)29/h3-8,12,15,29H,2,9-11,13-14H2,1H3,(H,25,30). The molecule has 1 saturated heterocycles. The molecular formula is C23H25FN4O3. The van der Waals surface area contributed by atoms with Crippen molar-refractivity contribution in [3.63, 3.8) is 0 Å². The minimum absolute atomic E-state index is 0.0870. The van der Waals surface area contributed by atoms with E-state index in [9.17, 15) is 14.3 Å². The molecule has 2 heterocycles. The maximum absolute atomic E-state index is 14.0. The highest BCUT2D eigenvalue weighted by Crippen LogP contribution is 2.33. The van der Waals surface area contributed by atoms with Gasteiger partial charge >= 0.3 is 6.09 Å². The summed E-state index contributed by atoms with van der Waals surface area (Å²) < 4.78 is 19.1. The van der Waals surface area contributed by atoms with Gasteiger partial charge in [0.2, 0.25) is 0 Å². The fourth-order valence-electron chi connectivity index (χ4n) is 3.77. The van der Waals surface area contributed by atoms with Crippen LogP contribution >= 0.6 is 0 Å². The number of ether oxygens (including phenoxy) is 1. The van der Waals surface area contributed by atoms with Crippen LogP contribution in [0.25, 0.3) is 22.3 Å². The molecule has 0 radical (unpaired) electrons. The van der Waals surface area contributed by atoms with Gasteiger partial charge in [-0.1, -0.05) is 19.1 Å². The van der Waals surface area contributed by atoms with E-state index in [2.05, 4.69) is 15.2 Å². The molecule has 2 aromatic carbocycles. The fourth-order valence-corrected chi connectivity index (χ4v) is 3.77. The molecule has 1 aliphatic rings. The summed E-state index contributed by atoms with van der Waals surface area (Å²) in [5.74, 6) is 0.963. The van der Waals surface area contributed by atoms with E-state index >= 15 is 0 Å². The molecule has 7 nitrogen and oxygen atoms in total. The van der Waals surface area contributed by atoms with Gasteiger partial charge in [-0.05, 0) is 49.1 Å². The quantitative estimate of drug-likeness (QED) is 0.619. The molecular weight excluding hydrogens is 399 g/mol. The number of hydrogen-bond acceptors (Lipinski definition) is 6. The second-order valence-corrected chi connectivity index (χ2v) is 7.67. The van der Waals surface area contributed by atoms with Crippen molar-refractivity contribution < 1.29 is 19.0 Å². The molecule has 4 rings (SSSR count). The minimum atomic E-state index is -0.406. The number of nitrogens with one attached hydrogen (secondary N) is 1. The minimum Gasteiger partial charge on any atom is -0.507 e. The fraction of sp³-hybridized carbons (Fsp3) is 0.348. The van der Waals surface area contributed by atoms with Crippen molar-refractivity contribution in [2.24, 2.45) is 5.92 Å². The van der Waals surface area contributed by atoms with Crippen LogP contribution in [0, 0.1) is 11.7 Å². The molecule has 31 heavy (non-hydrogen) atoms. The van der Waals surface area contributed by atoms with E-state index in [0.717, 1.165) is 19.4 Å². The van der Waals surface area contributed by atoms with Crippen molar-refractivity contribution in [1.29, 1.82) is 0 Å². The molecule has 1 aromatic heterocycles. The summed E-state index contributed by atoms with van der Waals surface area (Å²) in [5.41, 5.74) is 1.13. The van der Waals surface area contributed by atoms with Crippen LogP contribution in [0.3, 0.4) is 0 Å². The molecule has 8 heteroatoms. The number of phenols is 1. The second-order valence-electron chi connectivity index (χ2n) is 7.67. The summed E-state index contributed by atoms with van der Waals surface area (Å²) in [4.78, 5) is 23.1. The van der Waals surface area contributed by atoms with E-state index < -0.39 is 6.09 Å². The van der Waals surface area contributed by atoms with Crippen molar-refractivity contribution in [3.8, 4) is 17.1 Å². The van der Waals surface area contributed by atoms with Crippen molar-refractivity contribution in [2.75, 3.05) is 31.1 Å². The Morgan fingerprint density at radius 1 is 1.29 bits per heavy atom. The van der Waals surface area contributed by atoms with E-state index in [1.165, 1.54) is 12.1 Å². The third-order valence-electron chi connectivity index (χ3n) is 5.34. The zero-order valence-corrected chi connectivity index (χ0v) is 17.3. The molecule has 0 aliphatic carbocycles. The smallest absolute Gasteiger partial charge is 0.407 e. The van der Waals surface area contributed by atoms with Crippen LogP contribution in [-0.4, -0.2) is 47.4 Å². The number of amides is 1. The molecule has 1 amide bonds. The number of para-hydroxylation sites is 1. The van der Waals surface area contributed by atoms with Crippen LogP contribution in [0.4, 0.5) is 15.0 Å². The van der Waals surface area contributed by atoms with Crippen molar-refractivity contribution in [3.05, 3.63) is 48.3 Å². The number of carbonyl (C=O) groups is 1. The SMILES string of the molecule is CCCOC(=O)NCC1CCN(c2nc(-c3ccccc3O)nc3ccc(F)cc23)C1. The third-order valence-corrected chi connectivity index (χ3v) is 5.34. The summed E-state index contributed by atoms with van der Waals surface area (Å²) in [7, 11) is 0. The Labute approximate surface area is 179 Å². The number of hydrogen-bond donors (Lipinski definition) is 2. The van der Waals surface area contributed by atoms with Crippen molar-refractivity contribution >= 4 is 22.8 Å². The number of fused-ring (bicyclic) bond motifs is 1. The third kappa shape index (κ3) is 4.68. The Hall–Kier alpha value is -3.42. The molecule has 162 valence electrons. The number of anilines is 1. The lowest BCUT2D eigenvalue weighted by Gasteiger charge is -2.20. The maximum atomic E-state index is 14.0. The highest BCUT2D eigenvalue weighted by atomic mass is 19.1. The molecule has 1 aliphatic heterocycles. The Morgan fingerprint density at radius 2 is 2.13 bits per heavy atom. The molecule has 3 aromatic rings. The van der Waals surface area contributed by atoms with Gasteiger partial charge in [0.15, 0.2) is 5.82 Å². The lowest BCUT2D eigenvalue weighted by atomic mass is 10.1. The van der Waals surface area contributed by atoms with E-state index in [1.54, 1.807) is 24.3 Å². The second kappa shape index (κ2) is 9.16. The van der Waals surface area contributed by atoms with Crippen LogP contribution < -0.4 is 10.2 Å². The van der Waals surface area contributed by atoms with Crippen LogP contribution in [0.1, 0.15) is 19.8 Å². The number of halogens is 1. The van der Waals surface area contributed by atoms with E-state index in [4.69, 9.17) is 9.72 Å². The molecule has 0 bridgehead atoms. The molecule has 0 saturated carbocycles. The molecule has 1 unspecified atom stereocenters. The van der Waals surface area contributed by atoms with E-state index in [1.807, 2.05) is 13.0 Å². The number of aromatic hydroxyl groups is 1. The topological polar surface area (TPSA) is 87.6 Å². The summed E-state index contributed by atoms with van der Waals surface area (Å²) in [5, 5.41) is 13.7. The highest BCUT2D eigenvalue weighted by molar-refractivity contribution is 5.91. The van der Waals surface area contributed by atoms with Gasteiger partial charge < -0.3 is 20.1 Å². The Bertz CT molecular complexity index is 1090. The van der Waals surface area contributed by atoms with Gasteiger partial charge in [0.05, 0.1) is 17.7 Å². The van der Waals surface area contributed by atoms with E-state index in [0.29, 0.717) is 47.8 Å². The predicted octanol–water partition coefficient (Wildman–Crippen LogP) is 4.10. The Kier molecular flexibility index (Phi) is 6.16. The van der Waals surface area contributed by atoms with Crippen LogP contribution in [-0.2, 0) is 4.74 Å². The highest BCUT2D eigenvalue weighted by Gasteiger charge is 2.26. The van der Waals surface area contributed by atoms with Gasteiger partial charge in [-0.25, -0.2) is 19.2 Å². The van der Waals surface area contributed by atoms with Crippen molar-refractivity contribution in [1.82, 2.24) is 15.3 Å². The summed E-state index contributed by atoms with van der Waals surface area (Å²) in [6.45, 7) is 4.23. The number of phenolic OH excluding ortho intramolecular Hbond substituents is 1. The van der Waals surface area contributed by atoms with Crippen LogP contribution in [0.15, 0.2) is 42.5 Å². The lowest BCUT2D eigenvalue weighted by Crippen LogP contribution is -2.31. The van der Waals surface area contributed by atoms with Crippen LogP contribution in [0.5, 0.6) is 5.75 Å². The first-order chi connectivity index (χ1) is 15.0. The van der Waals surface area contributed by atoms with Gasteiger partial charge in [-0.3, -0.25) is 0 Å². The summed E-state index contributed by atoms with van der Waals surface area (Å²) in [6.07, 6.45) is 1.24. The normalized spacial score (nSPS) is 15.9. The maximum Gasteiger partial charge on any atom is 0.407 e. The summed E-state index contributed by atoms with van der Waals surface area (Å²) in [6, 6.07) is 11.3. The molecule has 1 atom stereocenters. The number of aromatic nitrogens is 2. The average Bonchev–Trinajstić information content (AvgIpc) is 3.25. The molecule has 2 N–H and O–H groups in total. The monoisotopic (exact) mass is 424 g/mol. The number of alkyl carbamates (subject to hydrolysis) is 1. The van der Waals surface area contributed by atoms with Gasteiger partial charge in [0, 0.05) is 25.0 Å².